The van der Waals surface area contributed by atoms with Crippen LogP contribution in [0.4, 0.5) is 17.6 Å². The van der Waals surface area contributed by atoms with E-state index in [9.17, 15) is 17.6 Å². The third-order valence-electron chi connectivity index (χ3n) is 7.14. The molecular weight excluding hydrogens is 542 g/mol. The maximum absolute atomic E-state index is 14.6. The van der Waals surface area contributed by atoms with Gasteiger partial charge in [0.2, 0.25) is 0 Å². The first-order valence-electron chi connectivity index (χ1n) is 13.0. The first-order valence-corrected chi connectivity index (χ1v) is 13.8. The maximum Gasteiger partial charge on any atom is 0.271 e. The first kappa shape index (κ1) is 26.7. The molecule has 3 aromatic carbocycles. The number of hydrogen-bond acceptors (Lipinski definition) is 5. The molecule has 6 rings (SSSR count). The molecule has 5 aromatic rings. The summed E-state index contributed by atoms with van der Waals surface area (Å²) in [5.74, 6) is -2.88. The number of aromatic nitrogens is 2. The number of nitrogens with one attached hydrogen (secondary N) is 1. The van der Waals surface area contributed by atoms with E-state index in [4.69, 9.17) is 9.47 Å². The van der Waals surface area contributed by atoms with Gasteiger partial charge in [-0.15, -0.1) is 11.3 Å². The minimum atomic E-state index is -3.26. The summed E-state index contributed by atoms with van der Waals surface area (Å²) in [5, 5.41) is 8.65. The number of thiophene rings is 1. The van der Waals surface area contributed by atoms with E-state index >= 15 is 0 Å². The zero-order valence-corrected chi connectivity index (χ0v) is 22.5. The molecule has 0 radical (unpaired) electrons. The average Bonchev–Trinajstić information content (AvgIpc) is 3.53. The molecule has 208 valence electrons. The number of alkyl halides is 3. The molecule has 0 bridgehead atoms. The minimum Gasteiger partial charge on any atom is -0.455 e. The van der Waals surface area contributed by atoms with Crippen LogP contribution in [0.15, 0.2) is 60.8 Å². The molecule has 1 saturated heterocycles. The van der Waals surface area contributed by atoms with Crippen molar-refractivity contribution in [2.45, 2.75) is 19.5 Å². The van der Waals surface area contributed by atoms with Crippen molar-refractivity contribution in [3.63, 3.8) is 0 Å². The largest absolute Gasteiger partial charge is 0.455 e. The third kappa shape index (κ3) is 5.31. The summed E-state index contributed by atoms with van der Waals surface area (Å²) < 4.78 is 68.8. The lowest BCUT2D eigenvalue weighted by molar-refractivity contribution is 0.0178. The summed E-state index contributed by atoms with van der Waals surface area (Å²) in [5.41, 5.74) is 1.58. The van der Waals surface area contributed by atoms with E-state index in [0.29, 0.717) is 29.6 Å². The Hall–Kier alpha value is -3.47. The van der Waals surface area contributed by atoms with Crippen LogP contribution >= 0.6 is 11.3 Å². The van der Waals surface area contributed by atoms with Crippen molar-refractivity contribution in [3.05, 3.63) is 77.7 Å². The van der Waals surface area contributed by atoms with Crippen molar-refractivity contribution >= 4 is 32.3 Å². The Kier molecular flexibility index (Phi) is 7.24. The van der Waals surface area contributed by atoms with E-state index < -0.39 is 17.3 Å². The highest BCUT2D eigenvalue weighted by Gasteiger charge is 2.31. The van der Waals surface area contributed by atoms with Crippen LogP contribution in [0.3, 0.4) is 0 Å². The summed E-state index contributed by atoms with van der Waals surface area (Å²) in [6, 6.07) is 14.6. The van der Waals surface area contributed by atoms with E-state index in [1.807, 2.05) is 36.4 Å². The van der Waals surface area contributed by atoms with Crippen molar-refractivity contribution in [1.82, 2.24) is 15.1 Å². The Balaban J connectivity index is 1.27. The number of aromatic amines is 1. The van der Waals surface area contributed by atoms with Crippen LogP contribution in [-0.2, 0) is 17.3 Å². The van der Waals surface area contributed by atoms with Gasteiger partial charge in [0.25, 0.3) is 5.92 Å². The average molecular weight is 570 g/mol. The lowest BCUT2D eigenvalue weighted by Gasteiger charge is -2.37. The first-order chi connectivity index (χ1) is 19.3. The maximum atomic E-state index is 14.6. The third-order valence-corrected chi connectivity index (χ3v) is 8.40. The Labute approximate surface area is 232 Å². The van der Waals surface area contributed by atoms with Gasteiger partial charge in [0, 0.05) is 59.1 Å². The van der Waals surface area contributed by atoms with Crippen LogP contribution in [0.1, 0.15) is 18.1 Å². The van der Waals surface area contributed by atoms with Crippen molar-refractivity contribution in [1.29, 1.82) is 0 Å². The second-order valence-corrected chi connectivity index (χ2v) is 11.2. The Morgan fingerprint density at radius 1 is 1.07 bits per heavy atom. The molecule has 0 spiro atoms. The number of nitrogens with zero attached hydrogens (tertiary/aromatic N) is 2. The highest BCUT2D eigenvalue weighted by atomic mass is 32.1. The molecule has 0 amide bonds. The van der Waals surface area contributed by atoms with Gasteiger partial charge in [-0.05, 0) is 42.0 Å². The predicted octanol–water partition coefficient (Wildman–Crippen LogP) is 7.91. The summed E-state index contributed by atoms with van der Waals surface area (Å²) >= 11 is 1.31. The minimum absolute atomic E-state index is 0.159. The molecule has 0 aliphatic carbocycles. The molecule has 1 aliphatic heterocycles. The van der Waals surface area contributed by atoms with Crippen molar-refractivity contribution in [2.24, 2.45) is 5.92 Å². The zero-order valence-electron chi connectivity index (χ0n) is 21.7. The van der Waals surface area contributed by atoms with Gasteiger partial charge in [-0.1, -0.05) is 18.2 Å². The fourth-order valence-corrected chi connectivity index (χ4v) is 6.30. The lowest BCUT2D eigenvalue weighted by atomic mass is 10.00. The van der Waals surface area contributed by atoms with E-state index in [1.165, 1.54) is 23.5 Å². The second kappa shape index (κ2) is 10.8. The Morgan fingerprint density at radius 3 is 2.62 bits per heavy atom. The van der Waals surface area contributed by atoms with Crippen molar-refractivity contribution in [3.8, 4) is 21.9 Å². The van der Waals surface area contributed by atoms with Gasteiger partial charge in [0.15, 0.2) is 5.75 Å². The summed E-state index contributed by atoms with van der Waals surface area (Å²) in [7, 11) is 0. The number of rotatable bonds is 10. The smallest absolute Gasteiger partial charge is 0.271 e. The predicted molar refractivity (Wildman–Crippen MR) is 149 cm³/mol. The molecule has 3 heterocycles. The van der Waals surface area contributed by atoms with Gasteiger partial charge < -0.3 is 14.4 Å². The summed E-state index contributed by atoms with van der Waals surface area (Å²) in [4.78, 5) is 2.65. The second-order valence-electron chi connectivity index (χ2n) is 10.2. The number of benzene rings is 3. The normalized spacial score (nSPS) is 14.7. The van der Waals surface area contributed by atoms with Gasteiger partial charge in [-0.25, -0.2) is 13.2 Å². The monoisotopic (exact) mass is 569 g/mol. The van der Waals surface area contributed by atoms with Gasteiger partial charge in [-0.3, -0.25) is 9.49 Å². The van der Waals surface area contributed by atoms with Crippen molar-refractivity contribution < 1.29 is 27.0 Å². The molecule has 1 aliphatic rings. The molecule has 1 fully saturated rings. The van der Waals surface area contributed by atoms with E-state index in [0.717, 1.165) is 59.2 Å². The Morgan fingerprint density at radius 2 is 1.88 bits per heavy atom. The van der Waals surface area contributed by atoms with Gasteiger partial charge >= 0.3 is 0 Å². The molecule has 10 heteroatoms. The number of ether oxygens (including phenoxy) is 2. The molecule has 40 heavy (non-hydrogen) atoms. The van der Waals surface area contributed by atoms with E-state index in [-0.39, 0.29) is 18.2 Å². The highest BCUT2D eigenvalue weighted by molar-refractivity contribution is 7.23. The number of likely N-dealkylation sites (tertiary alicyclic amines) is 1. The summed E-state index contributed by atoms with van der Waals surface area (Å²) in [6.07, 6.45) is 1.69. The van der Waals surface area contributed by atoms with E-state index in [1.54, 1.807) is 6.20 Å². The van der Waals surface area contributed by atoms with Gasteiger partial charge in [0.05, 0.1) is 36.5 Å². The number of halogens is 4. The fraction of sp³-hybridized carbons (Fsp3) is 0.300. The molecule has 2 aromatic heterocycles. The van der Waals surface area contributed by atoms with Crippen LogP contribution in [0.5, 0.6) is 11.5 Å². The topological polar surface area (TPSA) is 50.4 Å². The van der Waals surface area contributed by atoms with E-state index in [2.05, 4.69) is 15.1 Å². The fourth-order valence-electron chi connectivity index (χ4n) is 5.02. The zero-order chi connectivity index (χ0) is 27.9. The number of H-pyrrole nitrogens is 1. The molecule has 1 N–H and O–H groups in total. The quantitative estimate of drug-likeness (QED) is 0.137. The highest BCUT2D eigenvalue weighted by Crippen LogP contribution is 2.50. The molecule has 5 nitrogen and oxygen atoms in total. The van der Waals surface area contributed by atoms with Crippen LogP contribution in [0.2, 0.25) is 0 Å². The molecular formula is C30H27F4N3O2S. The number of hydrogen-bond donors (Lipinski definition) is 1. The SMILES string of the molecule is CC(F)(F)c1cc(F)ccc1-c1sc2c(ccc3[nH]ncc32)c1Oc1ccc(COCCN2CC(CF)C2)cc1. The Bertz CT molecular complexity index is 1640. The summed E-state index contributed by atoms with van der Waals surface area (Å²) in [6.45, 7) is 3.83. The number of fused-ring (bicyclic) bond motifs is 3. The van der Waals surface area contributed by atoms with Crippen LogP contribution in [-0.4, -0.2) is 48.0 Å². The lowest BCUT2D eigenvalue weighted by Crippen LogP contribution is -2.48. The van der Waals surface area contributed by atoms with Crippen molar-refractivity contribution in [2.75, 3.05) is 32.9 Å². The molecule has 0 saturated carbocycles. The van der Waals surface area contributed by atoms with Crippen LogP contribution < -0.4 is 4.74 Å². The standard InChI is InChI=1S/C30H27F4N3O2S/c1-30(33,34)25-12-20(32)4-7-22(25)29-27(23-8-9-26-24(14-35-36-26)28(23)40-29)39-21-5-2-18(3-6-21)17-38-11-10-37-15-19(13-31)16-37/h2-9,12,14,19H,10-11,13,15-17H2,1H3,(H,35,36). The molecule has 0 unspecified atom stereocenters. The van der Waals surface area contributed by atoms with Crippen LogP contribution in [0, 0.1) is 11.7 Å². The van der Waals surface area contributed by atoms with Gasteiger partial charge in [-0.2, -0.15) is 5.10 Å². The van der Waals surface area contributed by atoms with Gasteiger partial charge in [0.1, 0.15) is 11.6 Å². The molecule has 0 atom stereocenters. The van der Waals surface area contributed by atoms with Crippen LogP contribution in [0.25, 0.3) is 31.4 Å².